The fourth-order valence-electron chi connectivity index (χ4n) is 1.15. The second-order valence-electron chi connectivity index (χ2n) is 3.22. The van der Waals surface area contributed by atoms with E-state index >= 15 is 0 Å². The van der Waals surface area contributed by atoms with Crippen molar-refractivity contribution in [1.82, 2.24) is 0 Å². The molecule has 0 bridgehead atoms. The summed E-state index contributed by atoms with van der Waals surface area (Å²) in [6.45, 7) is 2.29. The van der Waals surface area contributed by atoms with Gasteiger partial charge in [-0.2, -0.15) is 0 Å². The van der Waals surface area contributed by atoms with E-state index in [1.807, 2.05) is 0 Å². The van der Waals surface area contributed by atoms with E-state index in [2.05, 4.69) is 0 Å². The van der Waals surface area contributed by atoms with Crippen LogP contribution >= 0.6 is 11.6 Å². The Morgan fingerprint density at radius 1 is 1.24 bits per heavy atom. The van der Waals surface area contributed by atoms with Crippen molar-refractivity contribution in [2.45, 2.75) is 20.1 Å². The van der Waals surface area contributed by atoms with Crippen LogP contribution in [-0.2, 0) is 19.1 Å². The highest BCUT2D eigenvalue weighted by Crippen LogP contribution is 2.27. The number of ether oxygens (including phenoxy) is 2. The fraction of sp³-hybridized carbons (Fsp3) is 0.273. The maximum atomic E-state index is 13.0. The smallest absolute Gasteiger partial charge is 0.305 e. The lowest BCUT2D eigenvalue weighted by Gasteiger charge is -2.17. The molecule has 1 aromatic rings. The lowest BCUT2D eigenvalue weighted by molar-refractivity contribution is -0.186. The summed E-state index contributed by atoms with van der Waals surface area (Å²) >= 11 is 5.81. The Morgan fingerprint density at radius 3 is 2.24 bits per heavy atom. The monoisotopic (exact) mass is 260 g/mol. The van der Waals surface area contributed by atoms with E-state index in [-0.39, 0.29) is 10.6 Å². The van der Waals surface area contributed by atoms with Gasteiger partial charge < -0.3 is 9.47 Å². The maximum Gasteiger partial charge on any atom is 0.305 e. The normalized spacial score (nSPS) is 10.2. The van der Waals surface area contributed by atoms with Crippen LogP contribution in [0.5, 0.6) is 0 Å². The van der Waals surface area contributed by atoms with Crippen LogP contribution in [0.1, 0.15) is 25.7 Å². The van der Waals surface area contributed by atoms with Crippen LogP contribution in [0.4, 0.5) is 4.39 Å². The van der Waals surface area contributed by atoms with Crippen molar-refractivity contribution in [1.29, 1.82) is 0 Å². The minimum Gasteiger partial charge on any atom is -0.421 e. The number of hydrogen-bond acceptors (Lipinski definition) is 4. The Labute approximate surface area is 102 Å². The first-order valence-corrected chi connectivity index (χ1v) is 5.07. The number of rotatable bonds is 3. The first-order chi connectivity index (χ1) is 7.90. The molecule has 0 amide bonds. The Bertz CT molecular complexity index is 431. The second-order valence-corrected chi connectivity index (χ2v) is 3.62. The number of esters is 2. The third-order valence-electron chi connectivity index (χ3n) is 1.76. The summed E-state index contributed by atoms with van der Waals surface area (Å²) in [6.07, 6.45) is -1.34. The molecule has 0 aliphatic rings. The van der Waals surface area contributed by atoms with Gasteiger partial charge in [-0.1, -0.05) is 11.6 Å². The topological polar surface area (TPSA) is 52.6 Å². The first-order valence-electron chi connectivity index (χ1n) is 4.69. The minimum atomic E-state index is -1.34. The van der Waals surface area contributed by atoms with E-state index in [1.165, 1.54) is 6.07 Å². The van der Waals surface area contributed by atoms with Gasteiger partial charge in [0.25, 0.3) is 6.29 Å². The molecule has 0 aromatic heterocycles. The molecule has 0 N–H and O–H groups in total. The van der Waals surface area contributed by atoms with Crippen molar-refractivity contribution in [3.05, 3.63) is 34.6 Å². The summed E-state index contributed by atoms with van der Waals surface area (Å²) < 4.78 is 22.5. The number of hydrogen-bond donors (Lipinski definition) is 0. The zero-order valence-corrected chi connectivity index (χ0v) is 9.95. The third kappa shape index (κ3) is 4.03. The van der Waals surface area contributed by atoms with Crippen LogP contribution in [0.3, 0.4) is 0 Å². The molecule has 0 atom stereocenters. The van der Waals surface area contributed by atoms with Gasteiger partial charge in [0.2, 0.25) is 0 Å². The van der Waals surface area contributed by atoms with Crippen molar-refractivity contribution in [3.8, 4) is 0 Å². The van der Waals surface area contributed by atoms with Crippen molar-refractivity contribution in [3.63, 3.8) is 0 Å². The van der Waals surface area contributed by atoms with Crippen molar-refractivity contribution in [2.75, 3.05) is 0 Å². The van der Waals surface area contributed by atoms with E-state index in [0.29, 0.717) is 0 Å². The number of carbonyl (C=O) groups excluding carboxylic acids is 2. The molecule has 6 heteroatoms. The summed E-state index contributed by atoms with van der Waals surface area (Å²) in [5.41, 5.74) is 0.0806. The van der Waals surface area contributed by atoms with Gasteiger partial charge in [0, 0.05) is 13.8 Å². The van der Waals surface area contributed by atoms with Gasteiger partial charge in [0.1, 0.15) is 5.82 Å². The quantitative estimate of drug-likeness (QED) is 0.619. The average molecular weight is 261 g/mol. The predicted molar refractivity (Wildman–Crippen MR) is 57.7 cm³/mol. The van der Waals surface area contributed by atoms with Crippen molar-refractivity contribution >= 4 is 23.5 Å². The first kappa shape index (κ1) is 13.4. The molecule has 0 heterocycles. The summed E-state index contributed by atoms with van der Waals surface area (Å²) in [5, 5.41) is 0.138. The molecule has 0 radical (unpaired) electrons. The summed E-state index contributed by atoms with van der Waals surface area (Å²) in [7, 11) is 0. The maximum absolute atomic E-state index is 13.0. The number of benzene rings is 1. The highest BCUT2D eigenvalue weighted by molar-refractivity contribution is 6.31. The van der Waals surface area contributed by atoms with Gasteiger partial charge in [0.15, 0.2) is 0 Å². The SMILES string of the molecule is CC(=O)OC(OC(C)=O)c1cc(F)ccc1Cl. The minimum absolute atomic E-state index is 0.0806. The van der Waals surface area contributed by atoms with Crippen LogP contribution in [0, 0.1) is 5.82 Å². The van der Waals surface area contributed by atoms with E-state index in [1.54, 1.807) is 0 Å². The molecule has 0 saturated heterocycles. The van der Waals surface area contributed by atoms with Crippen LogP contribution in [0.2, 0.25) is 5.02 Å². The summed E-state index contributed by atoms with van der Waals surface area (Å²) in [4.78, 5) is 21.7. The van der Waals surface area contributed by atoms with E-state index < -0.39 is 24.0 Å². The van der Waals surface area contributed by atoms with Gasteiger partial charge in [0.05, 0.1) is 10.6 Å². The van der Waals surface area contributed by atoms with Crippen LogP contribution in [0.25, 0.3) is 0 Å². The molecule has 0 unspecified atom stereocenters. The van der Waals surface area contributed by atoms with Gasteiger partial charge in [-0.25, -0.2) is 4.39 Å². The Balaban J connectivity index is 3.06. The zero-order valence-electron chi connectivity index (χ0n) is 9.20. The van der Waals surface area contributed by atoms with E-state index in [0.717, 1.165) is 26.0 Å². The van der Waals surface area contributed by atoms with E-state index in [9.17, 15) is 14.0 Å². The Hall–Kier alpha value is -1.62. The van der Waals surface area contributed by atoms with E-state index in [4.69, 9.17) is 21.1 Å². The Kier molecular flexibility index (Phi) is 4.45. The number of halogens is 2. The lowest BCUT2D eigenvalue weighted by atomic mass is 10.2. The highest BCUT2D eigenvalue weighted by atomic mass is 35.5. The summed E-state index contributed by atoms with van der Waals surface area (Å²) in [5.74, 6) is -1.91. The third-order valence-corrected chi connectivity index (χ3v) is 2.10. The molecular weight excluding hydrogens is 251 g/mol. The molecule has 1 aromatic carbocycles. The lowest BCUT2D eigenvalue weighted by Crippen LogP contribution is -2.15. The molecule has 1 rings (SSSR count). The second kappa shape index (κ2) is 5.63. The van der Waals surface area contributed by atoms with Crippen LogP contribution in [0.15, 0.2) is 18.2 Å². The fourth-order valence-corrected chi connectivity index (χ4v) is 1.35. The van der Waals surface area contributed by atoms with Crippen LogP contribution < -0.4 is 0 Å². The molecule has 0 spiro atoms. The van der Waals surface area contributed by atoms with Crippen molar-refractivity contribution in [2.24, 2.45) is 0 Å². The zero-order chi connectivity index (χ0) is 13.0. The molecular formula is C11H10ClFO4. The standard InChI is InChI=1S/C11H10ClFO4/c1-6(14)16-11(17-7(2)15)9-5-8(13)3-4-10(9)12/h3-5,11H,1-2H3. The molecule has 0 fully saturated rings. The van der Waals surface area contributed by atoms with Gasteiger partial charge in [-0.05, 0) is 18.2 Å². The largest absolute Gasteiger partial charge is 0.421 e. The average Bonchev–Trinajstić information content (AvgIpc) is 2.19. The molecule has 4 nitrogen and oxygen atoms in total. The predicted octanol–water partition coefficient (Wildman–Crippen LogP) is 2.60. The molecule has 17 heavy (non-hydrogen) atoms. The van der Waals surface area contributed by atoms with Gasteiger partial charge >= 0.3 is 11.9 Å². The molecule has 0 saturated carbocycles. The summed E-state index contributed by atoms with van der Waals surface area (Å²) in [6, 6.07) is 3.47. The Morgan fingerprint density at radius 2 is 1.76 bits per heavy atom. The van der Waals surface area contributed by atoms with Gasteiger partial charge in [-0.3, -0.25) is 9.59 Å². The van der Waals surface area contributed by atoms with Crippen LogP contribution in [-0.4, -0.2) is 11.9 Å². The van der Waals surface area contributed by atoms with Gasteiger partial charge in [-0.15, -0.1) is 0 Å². The molecule has 92 valence electrons. The van der Waals surface area contributed by atoms with Crippen molar-refractivity contribution < 1.29 is 23.5 Å². The number of carbonyl (C=O) groups is 2. The molecule has 0 aliphatic heterocycles. The molecule has 0 aliphatic carbocycles. The highest BCUT2D eigenvalue weighted by Gasteiger charge is 2.21.